The minimum absolute atomic E-state index is 0.103. The van der Waals surface area contributed by atoms with Crippen LogP contribution in [0.2, 0.25) is 0 Å². The van der Waals surface area contributed by atoms with E-state index in [1.165, 1.54) is 6.92 Å². The molecule has 0 saturated carbocycles. The van der Waals surface area contributed by atoms with E-state index in [-0.39, 0.29) is 18.6 Å². The van der Waals surface area contributed by atoms with Crippen molar-refractivity contribution < 1.29 is 34.4 Å². The predicted molar refractivity (Wildman–Crippen MR) is 89.9 cm³/mol. The highest BCUT2D eigenvalue weighted by atomic mass is 16.6. The molecule has 0 bridgehead atoms. The van der Waals surface area contributed by atoms with Crippen LogP contribution in [0.4, 0.5) is 0 Å². The minimum atomic E-state index is -2.30. The standard InChI is InChI=1S/C18H29NO7/c1-9(2)13-15(21)26-12-5-6-19-7-11(20)10(14(12)19)8-25-16(22)18(4,24)17(13,3)23/h9-14,20,23-24H,5-8H2,1-4H3/t10?,11?,12?,13?,14?,17-,18+/m1/s1. The number of cyclic esters (lactones) is 1. The molecular formula is C18H29NO7. The normalized spacial score (nSPS) is 47.3. The van der Waals surface area contributed by atoms with Crippen molar-refractivity contribution in [1.29, 1.82) is 0 Å². The van der Waals surface area contributed by atoms with Crippen LogP contribution in [0.1, 0.15) is 34.1 Å². The molecule has 0 aliphatic carbocycles. The SMILES string of the molecule is CC(C)C1C(=O)OC2CCN3CC(O)C(COC(=O)[C@](C)(O)[C@]1(C)O)C23. The molecule has 3 fully saturated rings. The molecule has 3 saturated heterocycles. The summed E-state index contributed by atoms with van der Waals surface area (Å²) in [5.41, 5.74) is -4.38. The van der Waals surface area contributed by atoms with E-state index in [1.807, 2.05) is 4.90 Å². The highest BCUT2D eigenvalue weighted by Crippen LogP contribution is 2.40. The maximum absolute atomic E-state index is 12.9. The zero-order valence-electron chi connectivity index (χ0n) is 15.7. The maximum Gasteiger partial charge on any atom is 0.340 e. The lowest BCUT2D eigenvalue weighted by Gasteiger charge is -2.42. The van der Waals surface area contributed by atoms with E-state index >= 15 is 0 Å². The number of hydrogen-bond acceptors (Lipinski definition) is 8. The average Bonchev–Trinajstić information content (AvgIpc) is 3.02. The van der Waals surface area contributed by atoms with Crippen molar-refractivity contribution in [3.63, 3.8) is 0 Å². The molecule has 3 heterocycles. The van der Waals surface area contributed by atoms with Crippen molar-refractivity contribution in [2.75, 3.05) is 19.7 Å². The second-order valence-corrected chi connectivity index (χ2v) is 8.52. The van der Waals surface area contributed by atoms with Gasteiger partial charge in [0, 0.05) is 19.0 Å². The van der Waals surface area contributed by atoms with E-state index < -0.39 is 47.2 Å². The summed E-state index contributed by atoms with van der Waals surface area (Å²) in [6.45, 7) is 6.87. The molecule has 26 heavy (non-hydrogen) atoms. The van der Waals surface area contributed by atoms with Crippen LogP contribution in [-0.2, 0) is 19.1 Å². The molecule has 0 aromatic carbocycles. The van der Waals surface area contributed by atoms with Crippen LogP contribution in [0.3, 0.4) is 0 Å². The predicted octanol–water partition coefficient (Wildman–Crippen LogP) is -0.706. The van der Waals surface area contributed by atoms with Gasteiger partial charge in [0.05, 0.1) is 24.7 Å². The molecule has 3 aliphatic rings. The number of rotatable bonds is 1. The fourth-order valence-corrected chi connectivity index (χ4v) is 4.74. The highest BCUT2D eigenvalue weighted by molar-refractivity contribution is 5.83. The Balaban J connectivity index is 2.01. The summed E-state index contributed by atoms with van der Waals surface area (Å²) in [7, 11) is 0. The van der Waals surface area contributed by atoms with Crippen LogP contribution in [0.15, 0.2) is 0 Å². The summed E-state index contributed by atoms with van der Waals surface area (Å²) < 4.78 is 11.0. The first-order valence-corrected chi connectivity index (χ1v) is 9.23. The van der Waals surface area contributed by atoms with Crippen molar-refractivity contribution >= 4 is 11.9 Å². The van der Waals surface area contributed by atoms with Gasteiger partial charge >= 0.3 is 11.9 Å². The largest absolute Gasteiger partial charge is 0.463 e. The van der Waals surface area contributed by atoms with Crippen LogP contribution in [0.25, 0.3) is 0 Å². The topological polar surface area (TPSA) is 117 Å². The monoisotopic (exact) mass is 371 g/mol. The second-order valence-electron chi connectivity index (χ2n) is 8.52. The third kappa shape index (κ3) is 2.83. The Hall–Kier alpha value is -1.22. The molecule has 0 amide bonds. The van der Waals surface area contributed by atoms with E-state index in [0.717, 1.165) is 6.92 Å². The lowest BCUT2D eigenvalue weighted by atomic mass is 9.71. The summed E-state index contributed by atoms with van der Waals surface area (Å²) in [4.78, 5) is 27.5. The number of hydrogen-bond donors (Lipinski definition) is 3. The Labute approximate surface area is 153 Å². The Morgan fingerprint density at radius 1 is 1.23 bits per heavy atom. The Kier molecular flexibility index (Phi) is 4.84. The molecule has 3 aliphatic heterocycles. The van der Waals surface area contributed by atoms with Crippen molar-refractivity contribution in [3.8, 4) is 0 Å². The Morgan fingerprint density at radius 2 is 1.88 bits per heavy atom. The lowest BCUT2D eigenvalue weighted by Crippen LogP contribution is -2.63. The fourth-order valence-electron chi connectivity index (χ4n) is 4.74. The van der Waals surface area contributed by atoms with Crippen LogP contribution in [-0.4, -0.2) is 81.3 Å². The lowest BCUT2D eigenvalue weighted by molar-refractivity contribution is -0.211. The van der Waals surface area contributed by atoms with Crippen LogP contribution in [0, 0.1) is 17.8 Å². The zero-order valence-corrected chi connectivity index (χ0v) is 15.7. The summed E-state index contributed by atoms with van der Waals surface area (Å²) in [6.07, 6.45) is -0.526. The van der Waals surface area contributed by atoms with E-state index in [1.54, 1.807) is 13.8 Å². The average molecular weight is 371 g/mol. The molecule has 0 radical (unpaired) electrons. The molecular weight excluding hydrogens is 342 g/mol. The molecule has 3 rings (SSSR count). The molecule has 8 nitrogen and oxygen atoms in total. The second kappa shape index (κ2) is 6.44. The van der Waals surface area contributed by atoms with E-state index in [2.05, 4.69) is 0 Å². The van der Waals surface area contributed by atoms with Gasteiger partial charge in [0.2, 0.25) is 0 Å². The van der Waals surface area contributed by atoms with Crippen molar-refractivity contribution in [2.45, 2.75) is 63.6 Å². The van der Waals surface area contributed by atoms with Gasteiger partial charge in [-0.2, -0.15) is 0 Å². The molecule has 3 N–H and O–H groups in total. The van der Waals surface area contributed by atoms with Gasteiger partial charge < -0.3 is 24.8 Å². The number of aliphatic hydroxyl groups excluding tert-OH is 1. The van der Waals surface area contributed by atoms with Crippen molar-refractivity contribution in [3.05, 3.63) is 0 Å². The molecule has 148 valence electrons. The highest BCUT2D eigenvalue weighted by Gasteiger charge is 2.59. The van der Waals surface area contributed by atoms with Crippen LogP contribution >= 0.6 is 0 Å². The zero-order chi connectivity index (χ0) is 19.4. The van der Waals surface area contributed by atoms with E-state index in [9.17, 15) is 24.9 Å². The number of aliphatic hydroxyl groups is 3. The van der Waals surface area contributed by atoms with Gasteiger partial charge in [0.25, 0.3) is 0 Å². The number of carbonyl (C=O) groups is 2. The molecule has 7 atom stereocenters. The molecule has 0 aromatic heterocycles. The first kappa shape index (κ1) is 19.5. The quantitative estimate of drug-likeness (QED) is 0.518. The van der Waals surface area contributed by atoms with Gasteiger partial charge in [0.15, 0.2) is 5.60 Å². The van der Waals surface area contributed by atoms with Gasteiger partial charge in [-0.15, -0.1) is 0 Å². The first-order chi connectivity index (χ1) is 12.0. The Morgan fingerprint density at radius 3 is 2.50 bits per heavy atom. The fraction of sp³-hybridized carbons (Fsp3) is 0.889. The van der Waals surface area contributed by atoms with Gasteiger partial charge in [-0.05, 0) is 26.2 Å². The molecule has 0 aromatic rings. The van der Waals surface area contributed by atoms with Gasteiger partial charge in [-0.1, -0.05) is 13.8 Å². The van der Waals surface area contributed by atoms with E-state index in [0.29, 0.717) is 19.5 Å². The maximum atomic E-state index is 12.9. The van der Waals surface area contributed by atoms with Crippen LogP contribution < -0.4 is 0 Å². The van der Waals surface area contributed by atoms with Crippen molar-refractivity contribution in [1.82, 2.24) is 4.90 Å². The van der Waals surface area contributed by atoms with Crippen LogP contribution in [0.5, 0.6) is 0 Å². The summed E-state index contributed by atoms with van der Waals surface area (Å²) in [5, 5.41) is 32.1. The minimum Gasteiger partial charge on any atom is -0.463 e. The molecule has 5 unspecified atom stereocenters. The number of carbonyl (C=O) groups excluding carboxylic acids is 2. The third-order valence-electron chi connectivity index (χ3n) is 6.44. The number of ether oxygens (including phenoxy) is 2. The summed E-state index contributed by atoms with van der Waals surface area (Å²) >= 11 is 0. The van der Waals surface area contributed by atoms with Crippen molar-refractivity contribution in [2.24, 2.45) is 17.8 Å². The first-order valence-electron chi connectivity index (χ1n) is 9.23. The summed E-state index contributed by atoms with van der Waals surface area (Å²) in [6, 6.07) is -0.234. The van der Waals surface area contributed by atoms with Gasteiger partial charge in [0.1, 0.15) is 11.7 Å². The number of esters is 2. The number of nitrogens with zero attached hydrogens (tertiary/aromatic N) is 1. The van der Waals surface area contributed by atoms with Gasteiger partial charge in [-0.3, -0.25) is 9.69 Å². The third-order valence-corrected chi connectivity index (χ3v) is 6.44. The Bertz CT molecular complexity index is 588. The molecule has 8 heteroatoms. The molecule has 0 spiro atoms. The smallest absolute Gasteiger partial charge is 0.340 e. The van der Waals surface area contributed by atoms with Gasteiger partial charge in [-0.25, -0.2) is 4.79 Å². The van der Waals surface area contributed by atoms with E-state index in [4.69, 9.17) is 9.47 Å². The summed E-state index contributed by atoms with van der Waals surface area (Å²) in [5.74, 6) is -3.55.